The molecule has 1 aromatic carbocycles. The number of rotatable bonds is 4. The van der Waals surface area contributed by atoms with Gasteiger partial charge in [-0.3, -0.25) is 9.59 Å². The fourth-order valence-corrected chi connectivity index (χ4v) is 3.51. The lowest BCUT2D eigenvalue weighted by atomic mass is 9.95. The number of carbonyl (C=O) groups is 2. The first-order valence-electron chi connectivity index (χ1n) is 9.02. The summed E-state index contributed by atoms with van der Waals surface area (Å²) in [5.74, 6) is -0.139. The Morgan fingerprint density at radius 3 is 2.52 bits per heavy atom. The van der Waals surface area contributed by atoms with Crippen LogP contribution >= 0.6 is 0 Å². The number of piperidine rings is 1. The molecule has 1 atom stereocenters. The Morgan fingerprint density at radius 1 is 1.08 bits per heavy atom. The summed E-state index contributed by atoms with van der Waals surface area (Å²) >= 11 is 0. The predicted octanol–water partition coefficient (Wildman–Crippen LogP) is 1.86. The monoisotopic (exact) mass is 348 g/mol. The summed E-state index contributed by atoms with van der Waals surface area (Å²) in [5.41, 5.74) is 0.952. The quantitative estimate of drug-likeness (QED) is 0.834. The van der Waals surface area contributed by atoms with Gasteiger partial charge in [-0.1, -0.05) is 12.1 Å². The lowest BCUT2D eigenvalue weighted by Crippen LogP contribution is -2.49. The highest BCUT2D eigenvalue weighted by Crippen LogP contribution is 2.20. The van der Waals surface area contributed by atoms with Crippen molar-refractivity contribution in [1.29, 1.82) is 0 Å². The van der Waals surface area contributed by atoms with Gasteiger partial charge in [-0.2, -0.15) is 0 Å². The van der Waals surface area contributed by atoms with Crippen molar-refractivity contribution in [2.45, 2.75) is 25.7 Å². The third kappa shape index (κ3) is 4.78. The third-order valence-electron chi connectivity index (χ3n) is 4.99. The number of halogens is 1. The van der Waals surface area contributed by atoms with Gasteiger partial charge in [-0.25, -0.2) is 4.39 Å². The molecule has 0 bridgehead atoms. The lowest BCUT2D eigenvalue weighted by molar-refractivity contribution is -0.144. The van der Waals surface area contributed by atoms with Gasteiger partial charge in [0.1, 0.15) is 5.82 Å². The number of likely N-dealkylation sites (tertiary alicyclic amines) is 1. The van der Waals surface area contributed by atoms with Crippen molar-refractivity contribution in [3.8, 4) is 0 Å². The number of nitrogens with zero attached hydrogens (tertiary/aromatic N) is 2. The van der Waals surface area contributed by atoms with Crippen LogP contribution in [-0.4, -0.2) is 61.0 Å². The van der Waals surface area contributed by atoms with Gasteiger partial charge in [0, 0.05) is 32.6 Å². The molecule has 6 heteroatoms. The normalized spacial score (nSPS) is 21.2. The Hall–Kier alpha value is -1.95. The second-order valence-electron chi connectivity index (χ2n) is 6.74. The number of hydrogen-bond donors (Lipinski definition) is 0. The SMILES string of the molecule is O=C(CCc1ccc(F)cc1)N1CCCC(C(=O)N2CCOCC2)C1. The first-order chi connectivity index (χ1) is 12.1. The van der Waals surface area contributed by atoms with Crippen LogP contribution < -0.4 is 0 Å². The minimum atomic E-state index is -0.268. The summed E-state index contributed by atoms with van der Waals surface area (Å²) in [6.07, 6.45) is 2.70. The van der Waals surface area contributed by atoms with E-state index in [1.54, 1.807) is 12.1 Å². The van der Waals surface area contributed by atoms with E-state index in [-0.39, 0.29) is 23.5 Å². The van der Waals surface area contributed by atoms with Crippen LogP contribution in [0.2, 0.25) is 0 Å². The Kier molecular flexibility index (Phi) is 6.02. The zero-order chi connectivity index (χ0) is 17.6. The maximum atomic E-state index is 12.9. The molecule has 0 N–H and O–H groups in total. The average Bonchev–Trinajstić information content (AvgIpc) is 2.67. The standard InChI is InChI=1S/C19H25FN2O3/c20-17-6-3-15(4-7-17)5-8-18(23)22-9-1-2-16(14-22)19(24)21-10-12-25-13-11-21/h3-4,6-7,16H,1-2,5,8-14H2. The van der Waals surface area contributed by atoms with Crippen LogP contribution in [0.5, 0.6) is 0 Å². The Balaban J connectivity index is 1.50. The van der Waals surface area contributed by atoms with Crippen molar-refractivity contribution in [1.82, 2.24) is 9.80 Å². The van der Waals surface area contributed by atoms with E-state index in [2.05, 4.69) is 0 Å². The van der Waals surface area contributed by atoms with Crippen LogP contribution in [0.15, 0.2) is 24.3 Å². The lowest BCUT2D eigenvalue weighted by Gasteiger charge is -2.36. The van der Waals surface area contributed by atoms with Gasteiger partial charge in [-0.15, -0.1) is 0 Å². The number of hydrogen-bond acceptors (Lipinski definition) is 3. The molecule has 2 amide bonds. The Bertz CT molecular complexity index is 599. The summed E-state index contributed by atoms with van der Waals surface area (Å²) in [6.45, 7) is 3.72. The van der Waals surface area contributed by atoms with Crippen molar-refractivity contribution in [3.05, 3.63) is 35.6 Å². The minimum Gasteiger partial charge on any atom is -0.378 e. The highest BCUT2D eigenvalue weighted by molar-refractivity contribution is 5.81. The Morgan fingerprint density at radius 2 is 1.80 bits per heavy atom. The van der Waals surface area contributed by atoms with Gasteiger partial charge >= 0.3 is 0 Å². The first kappa shape index (κ1) is 17.9. The maximum absolute atomic E-state index is 12.9. The molecule has 0 aliphatic carbocycles. The third-order valence-corrected chi connectivity index (χ3v) is 4.99. The van der Waals surface area contributed by atoms with Crippen molar-refractivity contribution < 1.29 is 18.7 Å². The highest BCUT2D eigenvalue weighted by Gasteiger charge is 2.31. The van der Waals surface area contributed by atoms with Crippen LogP contribution in [0.1, 0.15) is 24.8 Å². The first-order valence-corrected chi connectivity index (χ1v) is 9.02. The maximum Gasteiger partial charge on any atom is 0.227 e. The smallest absolute Gasteiger partial charge is 0.227 e. The van der Waals surface area contributed by atoms with Gasteiger partial charge < -0.3 is 14.5 Å². The van der Waals surface area contributed by atoms with E-state index in [4.69, 9.17) is 4.74 Å². The average molecular weight is 348 g/mol. The van der Waals surface area contributed by atoms with E-state index >= 15 is 0 Å². The molecule has 25 heavy (non-hydrogen) atoms. The molecule has 2 fully saturated rings. The number of ether oxygens (including phenoxy) is 1. The van der Waals surface area contributed by atoms with Crippen molar-refractivity contribution in [2.24, 2.45) is 5.92 Å². The fraction of sp³-hybridized carbons (Fsp3) is 0.579. The van der Waals surface area contributed by atoms with Crippen molar-refractivity contribution in [3.63, 3.8) is 0 Å². The molecule has 136 valence electrons. The number of carbonyl (C=O) groups excluding carboxylic acids is 2. The van der Waals surface area contributed by atoms with Gasteiger partial charge in [0.25, 0.3) is 0 Å². The molecule has 0 saturated carbocycles. The Labute approximate surface area is 147 Å². The molecule has 2 saturated heterocycles. The number of morpholine rings is 1. The van der Waals surface area contributed by atoms with Crippen LogP contribution in [0, 0.1) is 11.7 Å². The predicted molar refractivity (Wildman–Crippen MR) is 91.4 cm³/mol. The van der Waals surface area contributed by atoms with Gasteiger partial charge in [0.15, 0.2) is 0 Å². The minimum absolute atomic E-state index is 0.0730. The zero-order valence-electron chi connectivity index (χ0n) is 14.5. The van der Waals surface area contributed by atoms with Gasteiger partial charge in [0.2, 0.25) is 11.8 Å². The second-order valence-corrected chi connectivity index (χ2v) is 6.74. The van der Waals surface area contributed by atoms with Crippen molar-refractivity contribution in [2.75, 3.05) is 39.4 Å². The summed E-state index contributed by atoms with van der Waals surface area (Å²) in [7, 11) is 0. The van der Waals surface area contributed by atoms with E-state index < -0.39 is 0 Å². The van der Waals surface area contributed by atoms with E-state index in [0.717, 1.165) is 24.9 Å². The molecule has 0 spiro atoms. The summed E-state index contributed by atoms with van der Waals surface area (Å²) < 4.78 is 18.2. The molecule has 0 radical (unpaired) electrons. The fourth-order valence-electron chi connectivity index (χ4n) is 3.51. The molecule has 2 aliphatic heterocycles. The zero-order valence-corrected chi connectivity index (χ0v) is 14.5. The largest absolute Gasteiger partial charge is 0.378 e. The van der Waals surface area contributed by atoms with Gasteiger partial charge in [0.05, 0.1) is 19.1 Å². The molecule has 5 nitrogen and oxygen atoms in total. The summed E-state index contributed by atoms with van der Waals surface area (Å²) in [4.78, 5) is 28.8. The van der Waals surface area contributed by atoms with E-state index in [1.165, 1.54) is 12.1 Å². The van der Waals surface area contributed by atoms with E-state index in [0.29, 0.717) is 45.7 Å². The van der Waals surface area contributed by atoms with Crippen LogP contribution in [0.25, 0.3) is 0 Å². The van der Waals surface area contributed by atoms with Crippen molar-refractivity contribution >= 4 is 11.8 Å². The van der Waals surface area contributed by atoms with Crippen LogP contribution in [-0.2, 0) is 20.7 Å². The number of amides is 2. The van der Waals surface area contributed by atoms with Gasteiger partial charge in [-0.05, 0) is 37.0 Å². The molecule has 2 aliphatic rings. The van der Waals surface area contributed by atoms with E-state index in [1.807, 2.05) is 9.80 Å². The highest BCUT2D eigenvalue weighted by atomic mass is 19.1. The topological polar surface area (TPSA) is 49.9 Å². The van der Waals surface area contributed by atoms with E-state index in [9.17, 15) is 14.0 Å². The second kappa shape index (κ2) is 8.43. The molecule has 0 aromatic heterocycles. The van der Waals surface area contributed by atoms with Crippen LogP contribution in [0.4, 0.5) is 4.39 Å². The van der Waals surface area contributed by atoms with Crippen LogP contribution in [0.3, 0.4) is 0 Å². The molecular weight excluding hydrogens is 323 g/mol. The number of benzene rings is 1. The summed E-state index contributed by atoms with van der Waals surface area (Å²) in [5, 5.41) is 0. The molecular formula is C19H25FN2O3. The molecule has 1 aromatic rings. The number of aryl methyl sites for hydroxylation is 1. The summed E-state index contributed by atoms with van der Waals surface area (Å²) in [6, 6.07) is 6.25. The molecule has 2 heterocycles. The molecule has 1 unspecified atom stereocenters. The molecule has 3 rings (SSSR count).